The number of nitrogens with zero attached hydrogens (tertiary/aromatic N) is 1. The molecule has 0 saturated carbocycles. The predicted octanol–water partition coefficient (Wildman–Crippen LogP) is 1.21. The molecular formula is C18H25N3O5S. The smallest absolute Gasteiger partial charge is 0.331 e. The number of fused-ring (bicyclic) bond motifs is 1. The van der Waals surface area contributed by atoms with E-state index in [0.29, 0.717) is 5.56 Å². The first-order chi connectivity index (χ1) is 12.7. The molecular weight excluding hydrogens is 370 g/mol. The van der Waals surface area contributed by atoms with Crippen molar-refractivity contribution in [1.82, 2.24) is 10.0 Å². The highest BCUT2D eigenvalue weighted by Crippen LogP contribution is 2.23. The molecule has 1 amide bonds. The minimum atomic E-state index is -3.69. The summed E-state index contributed by atoms with van der Waals surface area (Å²) < 4.78 is 31.8. The number of rotatable bonds is 7. The van der Waals surface area contributed by atoms with Crippen molar-refractivity contribution in [2.45, 2.75) is 51.1 Å². The summed E-state index contributed by atoms with van der Waals surface area (Å²) in [6.07, 6.45) is 0.765. The number of hydrogen-bond acceptors (Lipinski definition) is 6. The molecule has 27 heavy (non-hydrogen) atoms. The van der Waals surface area contributed by atoms with Crippen molar-refractivity contribution in [2.75, 3.05) is 6.61 Å². The first-order valence-electron chi connectivity index (χ1n) is 8.81. The molecule has 2 rings (SSSR count). The molecule has 0 fully saturated rings. The summed E-state index contributed by atoms with van der Waals surface area (Å²) in [5.41, 5.74) is 0.408. The van der Waals surface area contributed by atoms with Crippen LogP contribution in [0.2, 0.25) is 0 Å². The van der Waals surface area contributed by atoms with E-state index < -0.39 is 28.6 Å². The van der Waals surface area contributed by atoms with Gasteiger partial charge in [-0.05, 0) is 31.4 Å². The summed E-state index contributed by atoms with van der Waals surface area (Å²) >= 11 is 0. The molecule has 0 spiro atoms. The maximum absolute atomic E-state index is 12.4. The summed E-state index contributed by atoms with van der Waals surface area (Å²) in [4.78, 5) is 28.6. The maximum atomic E-state index is 12.4. The monoisotopic (exact) mass is 395 g/mol. The minimum absolute atomic E-state index is 0.0123. The van der Waals surface area contributed by atoms with Crippen molar-refractivity contribution < 1.29 is 22.7 Å². The molecule has 1 aliphatic rings. The Kier molecular flexibility index (Phi) is 6.59. The van der Waals surface area contributed by atoms with Crippen LogP contribution in [-0.4, -0.2) is 44.8 Å². The molecule has 0 aromatic heterocycles. The quantitative estimate of drug-likeness (QED) is 0.674. The van der Waals surface area contributed by atoms with Gasteiger partial charge >= 0.3 is 5.97 Å². The fraction of sp³-hybridized carbons (Fsp3) is 0.500. The molecule has 148 valence electrons. The second kappa shape index (κ2) is 8.51. The van der Waals surface area contributed by atoms with Crippen molar-refractivity contribution in [3.05, 3.63) is 29.8 Å². The third-order valence-corrected chi connectivity index (χ3v) is 5.57. The van der Waals surface area contributed by atoms with E-state index in [1.165, 1.54) is 6.07 Å². The fourth-order valence-electron chi connectivity index (χ4n) is 2.48. The van der Waals surface area contributed by atoms with Crippen LogP contribution in [0.1, 0.15) is 39.7 Å². The van der Waals surface area contributed by atoms with Gasteiger partial charge in [-0.25, -0.2) is 13.2 Å². The van der Waals surface area contributed by atoms with E-state index in [0.717, 1.165) is 6.42 Å². The molecule has 0 bridgehead atoms. The summed E-state index contributed by atoms with van der Waals surface area (Å²) in [6, 6.07) is 5.45. The van der Waals surface area contributed by atoms with E-state index in [1.807, 2.05) is 13.8 Å². The summed E-state index contributed by atoms with van der Waals surface area (Å²) in [5.74, 6) is -1.22. The van der Waals surface area contributed by atoms with Crippen LogP contribution in [0.15, 0.2) is 34.2 Å². The summed E-state index contributed by atoms with van der Waals surface area (Å²) in [5, 5.41) is 2.71. The Balaban J connectivity index is 2.15. The Bertz CT molecular complexity index is 848. The number of aliphatic imine (C=N–C) groups is 1. The lowest BCUT2D eigenvalue weighted by Crippen LogP contribution is -2.37. The first-order valence-corrected chi connectivity index (χ1v) is 10.3. The molecule has 1 heterocycles. The third-order valence-electron chi connectivity index (χ3n) is 4.17. The van der Waals surface area contributed by atoms with Crippen molar-refractivity contribution >= 4 is 27.7 Å². The largest absolute Gasteiger partial charge is 0.454 e. The molecule has 1 aromatic carbocycles. The standard InChI is InChI=1S/C18H25N3O5S/c1-5-12(4)19-15(22)10-26-18(23)16(11(2)3)20-17-13-8-6-7-9-14(13)27(24,25)21-17/h6-9,11-12,16H,5,10H2,1-4H3,(H,19,22)(H,20,21)/t12-,16-/m0/s1. The van der Waals surface area contributed by atoms with Gasteiger partial charge in [0.1, 0.15) is 5.84 Å². The van der Waals surface area contributed by atoms with Gasteiger partial charge in [-0.3, -0.25) is 14.5 Å². The molecule has 0 unspecified atom stereocenters. The average molecular weight is 395 g/mol. The zero-order valence-electron chi connectivity index (χ0n) is 15.9. The fourth-order valence-corrected chi connectivity index (χ4v) is 3.72. The Hall–Kier alpha value is -2.42. The average Bonchev–Trinajstić information content (AvgIpc) is 2.88. The van der Waals surface area contributed by atoms with Gasteiger partial charge in [-0.2, -0.15) is 0 Å². The minimum Gasteiger partial charge on any atom is -0.454 e. The van der Waals surface area contributed by atoms with Crippen molar-refractivity contribution in [1.29, 1.82) is 0 Å². The number of ether oxygens (including phenoxy) is 1. The second-order valence-electron chi connectivity index (χ2n) is 6.75. The number of amidine groups is 1. The van der Waals surface area contributed by atoms with Crippen LogP contribution < -0.4 is 10.0 Å². The third kappa shape index (κ3) is 5.06. The Labute approximate surface area is 159 Å². The normalized spacial score (nSPS) is 18.5. The molecule has 0 aliphatic carbocycles. The predicted molar refractivity (Wildman–Crippen MR) is 101 cm³/mol. The Morgan fingerprint density at radius 2 is 1.89 bits per heavy atom. The molecule has 1 aromatic rings. The van der Waals surface area contributed by atoms with Crippen LogP contribution in [0.3, 0.4) is 0 Å². The zero-order valence-corrected chi connectivity index (χ0v) is 16.7. The van der Waals surface area contributed by atoms with Crippen LogP contribution in [0, 0.1) is 5.92 Å². The number of hydrogen-bond donors (Lipinski definition) is 2. The van der Waals surface area contributed by atoms with Crippen LogP contribution in [0.4, 0.5) is 0 Å². The van der Waals surface area contributed by atoms with E-state index in [-0.39, 0.29) is 28.6 Å². The van der Waals surface area contributed by atoms with Crippen molar-refractivity contribution in [3.8, 4) is 0 Å². The van der Waals surface area contributed by atoms with Gasteiger partial charge in [0.25, 0.3) is 15.9 Å². The van der Waals surface area contributed by atoms with Gasteiger partial charge in [-0.1, -0.05) is 32.9 Å². The highest BCUT2D eigenvalue weighted by molar-refractivity contribution is 7.90. The zero-order chi connectivity index (χ0) is 20.2. The number of amides is 1. The number of sulfonamides is 1. The lowest BCUT2D eigenvalue weighted by atomic mass is 10.1. The number of nitrogens with one attached hydrogen (secondary N) is 2. The summed E-state index contributed by atoms with van der Waals surface area (Å²) in [6.45, 7) is 6.92. The SMILES string of the molecule is CC[C@H](C)NC(=O)COC(=O)[C@@H](N=C1NS(=O)(=O)c2ccccc21)C(C)C. The van der Waals surface area contributed by atoms with Crippen LogP contribution in [0.25, 0.3) is 0 Å². The van der Waals surface area contributed by atoms with Crippen molar-refractivity contribution in [3.63, 3.8) is 0 Å². The number of carbonyl (C=O) groups is 2. The van der Waals surface area contributed by atoms with Crippen molar-refractivity contribution in [2.24, 2.45) is 10.9 Å². The maximum Gasteiger partial charge on any atom is 0.331 e. The number of esters is 1. The van der Waals surface area contributed by atoms with Gasteiger partial charge in [0.05, 0.1) is 4.90 Å². The first kappa shape index (κ1) is 20.9. The van der Waals surface area contributed by atoms with Gasteiger partial charge < -0.3 is 10.1 Å². The van der Waals surface area contributed by atoms with E-state index in [4.69, 9.17) is 4.74 Å². The second-order valence-corrected chi connectivity index (χ2v) is 8.40. The van der Waals surface area contributed by atoms with Gasteiger partial charge in [-0.15, -0.1) is 0 Å². The van der Waals surface area contributed by atoms with Gasteiger partial charge in [0.2, 0.25) is 0 Å². The van der Waals surface area contributed by atoms with Gasteiger partial charge in [0.15, 0.2) is 12.6 Å². The highest BCUT2D eigenvalue weighted by Gasteiger charge is 2.33. The highest BCUT2D eigenvalue weighted by atomic mass is 32.2. The molecule has 2 N–H and O–H groups in total. The number of carbonyl (C=O) groups excluding carboxylic acids is 2. The molecule has 9 heteroatoms. The number of benzene rings is 1. The molecule has 1 aliphatic heterocycles. The van der Waals surface area contributed by atoms with Crippen LogP contribution >= 0.6 is 0 Å². The summed E-state index contributed by atoms with van der Waals surface area (Å²) in [7, 11) is -3.69. The van der Waals surface area contributed by atoms with E-state index in [9.17, 15) is 18.0 Å². The Morgan fingerprint density at radius 1 is 1.22 bits per heavy atom. The van der Waals surface area contributed by atoms with E-state index in [2.05, 4.69) is 15.0 Å². The lowest BCUT2D eigenvalue weighted by molar-refractivity contribution is -0.150. The molecule has 2 atom stereocenters. The van der Waals surface area contributed by atoms with Crippen LogP contribution in [-0.2, 0) is 24.3 Å². The van der Waals surface area contributed by atoms with Gasteiger partial charge in [0, 0.05) is 11.6 Å². The van der Waals surface area contributed by atoms with E-state index >= 15 is 0 Å². The lowest BCUT2D eigenvalue weighted by Gasteiger charge is -2.17. The topological polar surface area (TPSA) is 114 Å². The van der Waals surface area contributed by atoms with Crippen LogP contribution in [0.5, 0.6) is 0 Å². The molecule has 0 saturated heterocycles. The molecule has 0 radical (unpaired) electrons. The molecule has 8 nitrogen and oxygen atoms in total. The van der Waals surface area contributed by atoms with E-state index in [1.54, 1.807) is 32.0 Å². The Morgan fingerprint density at radius 3 is 2.52 bits per heavy atom.